The Morgan fingerprint density at radius 3 is 2.74 bits per heavy atom. The summed E-state index contributed by atoms with van der Waals surface area (Å²) in [6.45, 7) is 8.55. The third-order valence-corrected chi connectivity index (χ3v) is 2.54. The molecule has 0 saturated heterocycles. The van der Waals surface area contributed by atoms with Gasteiger partial charge in [0, 0.05) is 12.6 Å². The second kappa shape index (κ2) is 6.51. The van der Waals surface area contributed by atoms with E-state index in [-0.39, 0.29) is 12.1 Å². The van der Waals surface area contributed by atoms with Crippen LogP contribution >= 0.6 is 0 Å². The lowest BCUT2D eigenvalue weighted by atomic mass is 10.1. The smallest absolute Gasteiger partial charge is 0.317 e. The lowest BCUT2D eigenvalue weighted by Crippen LogP contribution is -2.49. The Labute approximate surface area is 113 Å². The molecule has 0 aliphatic carbocycles. The van der Waals surface area contributed by atoms with Crippen LogP contribution in [0, 0.1) is 0 Å². The van der Waals surface area contributed by atoms with E-state index < -0.39 is 5.60 Å². The molecular formula is C12H23N5O2. The number of aromatic nitrogens is 3. The van der Waals surface area contributed by atoms with Crippen molar-refractivity contribution >= 4 is 6.03 Å². The quantitative estimate of drug-likeness (QED) is 0.786. The molecule has 0 spiro atoms. The fourth-order valence-electron chi connectivity index (χ4n) is 1.75. The van der Waals surface area contributed by atoms with E-state index in [1.807, 2.05) is 13.8 Å². The van der Waals surface area contributed by atoms with Crippen LogP contribution in [-0.2, 0) is 6.54 Å². The van der Waals surface area contributed by atoms with Crippen molar-refractivity contribution in [2.24, 2.45) is 0 Å². The lowest BCUT2D eigenvalue weighted by molar-refractivity contribution is 0.0475. The number of nitrogens with one attached hydrogen (secondary N) is 1. The summed E-state index contributed by atoms with van der Waals surface area (Å²) >= 11 is 0. The highest BCUT2D eigenvalue weighted by Gasteiger charge is 2.22. The van der Waals surface area contributed by atoms with Crippen LogP contribution in [0.3, 0.4) is 0 Å². The number of hydrogen-bond donors (Lipinski definition) is 2. The van der Waals surface area contributed by atoms with Gasteiger partial charge >= 0.3 is 6.03 Å². The van der Waals surface area contributed by atoms with Gasteiger partial charge < -0.3 is 15.3 Å². The summed E-state index contributed by atoms with van der Waals surface area (Å²) < 4.78 is 1.66. The van der Waals surface area contributed by atoms with Crippen LogP contribution in [-0.4, -0.2) is 55.5 Å². The number of carbonyl (C=O) groups is 1. The number of likely N-dealkylation sites (N-methyl/N-ethyl adjacent to an activating group) is 1. The summed E-state index contributed by atoms with van der Waals surface area (Å²) in [5, 5.41) is 16.6. The summed E-state index contributed by atoms with van der Waals surface area (Å²) in [7, 11) is 0. The topological polar surface area (TPSA) is 83.3 Å². The molecule has 0 bridgehead atoms. The Kier molecular flexibility index (Phi) is 5.29. The van der Waals surface area contributed by atoms with Crippen LogP contribution in [0.5, 0.6) is 0 Å². The van der Waals surface area contributed by atoms with Crippen molar-refractivity contribution in [2.45, 2.75) is 45.9 Å². The van der Waals surface area contributed by atoms with Crippen LogP contribution < -0.4 is 5.32 Å². The van der Waals surface area contributed by atoms with Crippen molar-refractivity contribution in [3.63, 3.8) is 0 Å². The molecule has 1 atom stereocenters. The van der Waals surface area contributed by atoms with Gasteiger partial charge in [0.1, 0.15) is 12.7 Å². The molecule has 7 nitrogen and oxygen atoms in total. The van der Waals surface area contributed by atoms with Crippen molar-refractivity contribution in [1.82, 2.24) is 25.0 Å². The van der Waals surface area contributed by atoms with E-state index in [9.17, 15) is 9.90 Å². The van der Waals surface area contributed by atoms with Crippen LogP contribution in [0.1, 0.15) is 27.7 Å². The number of amides is 2. The first kappa shape index (κ1) is 15.4. The van der Waals surface area contributed by atoms with Gasteiger partial charge in [-0.2, -0.15) is 5.10 Å². The molecule has 108 valence electrons. The van der Waals surface area contributed by atoms with E-state index in [4.69, 9.17) is 0 Å². The van der Waals surface area contributed by atoms with Gasteiger partial charge in [0.15, 0.2) is 0 Å². The van der Waals surface area contributed by atoms with Crippen molar-refractivity contribution in [3.8, 4) is 0 Å². The molecule has 0 radical (unpaired) electrons. The molecule has 0 aliphatic heterocycles. The van der Waals surface area contributed by atoms with Crippen LogP contribution in [0.15, 0.2) is 12.7 Å². The fraction of sp³-hybridized carbons (Fsp3) is 0.750. The van der Waals surface area contributed by atoms with Crippen LogP contribution in [0.4, 0.5) is 4.79 Å². The summed E-state index contributed by atoms with van der Waals surface area (Å²) in [6.07, 6.45) is 3.07. The highest BCUT2D eigenvalue weighted by atomic mass is 16.3. The van der Waals surface area contributed by atoms with E-state index in [0.717, 1.165) is 0 Å². The molecule has 1 heterocycles. The maximum absolute atomic E-state index is 12.0. The van der Waals surface area contributed by atoms with Crippen LogP contribution in [0.2, 0.25) is 0 Å². The maximum atomic E-state index is 12.0. The normalized spacial score (nSPS) is 13.1. The second-order valence-corrected chi connectivity index (χ2v) is 5.29. The summed E-state index contributed by atoms with van der Waals surface area (Å²) in [4.78, 5) is 17.5. The highest BCUT2D eigenvalue weighted by Crippen LogP contribution is 2.05. The van der Waals surface area contributed by atoms with E-state index in [0.29, 0.717) is 19.6 Å². The summed E-state index contributed by atoms with van der Waals surface area (Å²) in [5.74, 6) is 0. The third kappa shape index (κ3) is 5.69. The zero-order valence-corrected chi connectivity index (χ0v) is 12.0. The molecular weight excluding hydrogens is 246 g/mol. The van der Waals surface area contributed by atoms with Gasteiger partial charge in [-0.05, 0) is 27.7 Å². The molecule has 0 saturated carbocycles. The minimum atomic E-state index is -0.900. The van der Waals surface area contributed by atoms with Crippen molar-refractivity contribution < 1.29 is 9.90 Å². The van der Waals surface area contributed by atoms with E-state index in [1.165, 1.54) is 6.33 Å². The maximum Gasteiger partial charge on any atom is 0.317 e. The van der Waals surface area contributed by atoms with Crippen molar-refractivity contribution in [2.75, 3.05) is 13.1 Å². The average molecular weight is 269 g/mol. The molecule has 1 aromatic rings. The molecule has 2 N–H and O–H groups in total. The first-order chi connectivity index (χ1) is 8.81. The fourth-order valence-corrected chi connectivity index (χ4v) is 1.75. The third-order valence-electron chi connectivity index (χ3n) is 2.54. The molecule has 7 heteroatoms. The molecule has 0 fully saturated rings. The summed E-state index contributed by atoms with van der Waals surface area (Å²) in [5.41, 5.74) is -0.900. The van der Waals surface area contributed by atoms with Gasteiger partial charge in [-0.1, -0.05) is 0 Å². The number of hydrogen-bond acceptors (Lipinski definition) is 4. The molecule has 1 unspecified atom stereocenters. The molecule has 0 aliphatic rings. The monoisotopic (exact) mass is 269 g/mol. The Bertz CT molecular complexity index is 385. The number of nitrogens with zero attached hydrogens (tertiary/aromatic N) is 4. The molecule has 1 aromatic heterocycles. The minimum Gasteiger partial charge on any atom is -0.389 e. The summed E-state index contributed by atoms with van der Waals surface area (Å²) in [6, 6.07) is -0.248. The van der Waals surface area contributed by atoms with Gasteiger partial charge in [-0.3, -0.25) is 4.68 Å². The van der Waals surface area contributed by atoms with Gasteiger partial charge in [-0.25, -0.2) is 9.78 Å². The van der Waals surface area contributed by atoms with Crippen molar-refractivity contribution in [3.05, 3.63) is 12.7 Å². The Morgan fingerprint density at radius 1 is 1.58 bits per heavy atom. The van der Waals surface area contributed by atoms with Gasteiger partial charge in [0.05, 0.1) is 18.7 Å². The number of rotatable bonds is 6. The minimum absolute atomic E-state index is 0.0648. The number of urea groups is 1. The molecule has 2 amide bonds. The largest absolute Gasteiger partial charge is 0.389 e. The van der Waals surface area contributed by atoms with Gasteiger partial charge in [0.2, 0.25) is 0 Å². The standard InChI is InChI=1S/C12H23N5O2/c1-5-16(7-12(3,4)19)11(18)15-10(2)6-17-9-13-8-14-17/h8-10,19H,5-7H2,1-4H3,(H,15,18). The lowest BCUT2D eigenvalue weighted by Gasteiger charge is -2.29. The predicted octanol–water partition coefficient (Wildman–Crippen LogP) is 0.469. The zero-order valence-electron chi connectivity index (χ0n) is 12.0. The predicted molar refractivity (Wildman–Crippen MR) is 71.6 cm³/mol. The second-order valence-electron chi connectivity index (χ2n) is 5.29. The van der Waals surface area contributed by atoms with Crippen LogP contribution in [0.25, 0.3) is 0 Å². The average Bonchev–Trinajstić information content (AvgIpc) is 2.76. The van der Waals surface area contributed by atoms with Gasteiger partial charge in [0.25, 0.3) is 0 Å². The number of aliphatic hydroxyl groups is 1. The molecule has 0 aromatic carbocycles. The van der Waals surface area contributed by atoms with E-state index >= 15 is 0 Å². The first-order valence-electron chi connectivity index (χ1n) is 6.42. The van der Waals surface area contributed by atoms with E-state index in [1.54, 1.807) is 29.8 Å². The number of carbonyl (C=O) groups excluding carboxylic acids is 1. The Hall–Kier alpha value is -1.63. The van der Waals surface area contributed by atoms with E-state index in [2.05, 4.69) is 15.4 Å². The zero-order chi connectivity index (χ0) is 14.5. The molecule has 1 rings (SSSR count). The Balaban J connectivity index is 2.47. The highest BCUT2D eigenvalue weighted by molar-refractivity contribution is 5.74. The van der Waals surface area contributed by atoms with Gasteiger partial charge in [-0.15, -0.1) is 0 Å². The van der Waals surface area contributed by atoms with Crippen molar-refractivity contribution in [1.29, 1.82) is 0 Å². The SMILES string of the molecule is CCN(CC(C)(C)O)C(=O)NC(C)Cn1cncn1. The molecule has 19 heavy (non-hydrogen) atoms. The first-order valence-corrected chi connectivity index (χ1v) is 6.42. The Morgan fingerprint density at radius 2 is 2.26 bits per heavy atom.